The van der Waals surface area contributed by atoms with Crippen LogP contribution >= 0.6 is 0 Å². The number of nitrogen functional groups attached to an aromatic ring is 1. The van der Waals surface area contributed by atoms with Crippen molar-refractivity contribution in [3.8, 4) is 51.7 Å². The Morgan fingerprint density at radius 2 is 0.812 bits per heavy atom. The van der Waals surface area contributed by atoms with Crippen LogP contribution in [0.4, 0.5) is 17.1 Å². The number of hydrogen-bond acceptors (Lipinski definition) is 11. The van der Waals surface area contributed by atoms with Gasteiger partial charge in [-0.3, -0.25) is 9.59 Å². The zero-order valence-electron chi connectivity index (χ0n) is 37.6. The number of fused-ring (bicyclic) bond motifs is 2. The van der Waals surface area contributed by atoms with Crippen LogP contribution < -0.4 is 34.7 Å². The topological polar surface area (TPSA) is 159 Å². The van der Waals surface area contributed by atoms with Gasteiger partial charge in [0.05, 0.1) is 47.8 Å². The lowest BCUT2D eigenvalue weighted by molar-refractivity contribution is 0.0974. The number of ketones is 2. The molecule has 6 rings (SSSR count). The summed E-state index contributed by atoms with van der Waals surface area (Å²) in [5.74, 6) is -0.0680. The van der Waals surface area contributed by atoms with E-state index in [0.29, 0.717) is 54.3 Å². The number of phenols is 2. The van der Waals surface area contributed by atoms with Gasteiger partial charge in [0.1, 0.15) is 28.7 Å². The van der Waals surface area contributed by atoms with Crippen molar-refractivity contribution in [1.29, 1.82) is 0 Å². The molecule has 0 atom stereocenters. The fourth-order valence-electron chi connectivity index (χ4n) is 7.68. The summed E-state index contributed by atoms with van der Waals surface area (Å²) in [6, 6.07) is 23.8. The average Bonchev–Trinajstić information content (AvgIpc) is 3.30. The van der Waals surface area contributed by atoms with Crippen LogP contribution in [-0.2, 0) is 0 Å². The maximum atomic E-state index is 14.7. The first-order chi connectivity index (χ1) is 31.2. The summed E-state index contributed by atoms with van der Waals surface area (Å²) >= 11 is 0. The Labute approximate surface area is 377 Å². The van der Waals surface area contributed by atoms with E-state index in [-0.39, 0.29) is 45.1 Å². The second kappa shape index (κ2) is 23.9. The molecule has 5 aromatic rings. The van der Waals surface area contributed by atoms with E-state index < -0.39 is 23.1 Å². The Morgan fingerprint density at radius 1 is 0.453 bits per heavy atom. The van der Waals surface area contributed by atoms with Crippen molar-refractivity contribution in [3.05, 3.63) is 107 Å². The number of carbonyl (C=O) groups excluding carboxylic acids is 2. The van der Waals surface area contributed by atoms with E-state index in [9.17, 15) is 19.8 Å². The third-order valence-electron chi connectivity index (χ3n) is 11.3. The van der Waals surface area contributed by atoms with Crippen LogP contribution in [0.3, 0.4) is 0 Å². The first-order valence-electron chi connectivity index (χ1n) is 23.2. The molecule has 0 saturated heterocycles. The number of nitrogens with two attached hydrogens (primary N) is 1. The van der Waals surface area contributed by atoms with Crippen molar-refractivity contribution >= 4 is 28.6 Å². The predicted molar refractivity (Wildman–Crippen MR) is 253 cm³/mol. The Balaban J connectivity index is 1.26. The Bertz CT molecular complexity index is 2290. The van der Waals surface area contributed by atoms with Gasteiger partial charge in [0.2, 0.25) is 11.6 Å². The summed E-state index contributed by atoms with van der Waals surface area (Å²) in [4.78, 5) is 29.2. The van der Waals surface area contributed by atoms with Crippen molar-refractivity contribution < 1.29 is 43.5 Å². The maximum absolute atomic E-state index is 14.7. The molecular formula is C53H64N2O9. The number of phenolic OH excluding ortho intramolecular Hbond substituents is 2. The summed E-state index contributed by atoms with van der Waals surface area (Å²) in [6.45, 7) is 8.36. The second-order valence-electron chi connectivity index (χ2n) is 16.3. The van der Waals surface area contributed by atoms with Gasteiger partial charge in [-0.05, 0) is 92.1 Å². The molecule has 0 fully saturated rings. The SMILES string of the molecule is CCCCCCCOc1ccc(Nc2cc(Oc3ccc(OCCCCCCC)cc3)c(O)c3c2C(=O)c2c(O)c(Oc4ccc(OCCCCCCC)cc4)cc(N)c2C3=O)cc1. The highest BCUT2D eigenvalue weighted by molar-refractivity contribution is 6.34. The molecule has 5 N–H and O–H groups in total. The normalized spacial score (nSPS) is 11.8. The highest BCUT2D eigenvalue weighted by Crippen LogP contribution is 2.50. The van der Waals surface area contributed by atoms with Crippen LogP contribution in [0, 0.1) is 0 Å². The molecule has 1 aliphatic carbocycles. The van der Waals surface area contributed by atoms with Gasteiger partial charge in [-0.15, -0.1) is 0 Å². The summed E-state index contributed by atoms with van der Waals surface area (Å²) in [5, 5.41) is 26.7. The lowest BCUT2D eigenvalue weighted by Crippen LogP contribution is -2.24. The molecule has 1 aliphatic rings. The molecule has 0 amide bonds. The van der Waals surface area contributed by atoms with Crippen molar-refractivity contribution in [1.82, 2.24) is 0 Å². The lowest BCUT2D eigenvalue weighted by Gasteiger charge is -2.25. The molecule has 5 aromatic carbocycles. The van der Waals surface area contributed by atoms with Gasteiger partial charge < -0.3 is 44.9 Å². The molecule has 340 valence electrons. The molecule has 11 nitrogen and oxygen atoms in total. The molecule has 0 bridgehead atoms. The van der Waals surface area contributed by atoms with Gasteiger partial charge >= 0.3 is 0 Å². The molecule has 0 unspecified atom stereocenters. The summed E-state index contributed by atoms with van der Waals surface area (Å²) in [7, 11) is 0. The van der Waals surface area contributed by atoms with Gasteiger partial charge in [0, 0.05) is 23.5 Å². The van der Waals surface area contributed by atoms with E-state index >= 15 is 0 Å². The fraction of sp³-hybridized carbons (Fsp3) is 0.396. The number of hydrogen-bond donors (Lipinski definition) is 4. The minimum atomic E-state index is -0.767. The molecule has 64 heavy (non-hydrogen) atoms. The minimum absolute atomic E-state index is 0.0786. The zero-order valence-corrected chi connectivity index (χ0v) is 37.6. The van der Waals surface area contributed by atoms with E-state index in [0.717, 1.165) is 38.5 Å². The van der Waals surface area contributed by atoms with Crippen LogP contribution in [0.25, 0.3) is 0 Å². The average molecular weight is 873 g/mol. The molecular weight excluding hydrogens is 809 g/mol. The van der Waals surface area contributed by atoms with E-state index in [2.05, 4.69) is 26.1 Å². The Morgan fingerprint density at radius 3 is 1.25 bits per heavy atom. The van der Waals surface area contributed by atoms with E-state index in [1.54, 1.807) is 60.7 Å². The van der Waals surface area contributed by atoms with Gasteiger partial charge in [-0.2, -0.15) is 0 Å². The van der Waals surface area contributed by atoms with Crippen LogP contribution in [0.5, 0.6) is 51.7 Å². The minimum Gasteiger partial charge on any atom is -0.504 e. The number of anilines is 3. The third kappa shape index (κ3) is 12.4. The molecule has 0 heterocycles. The van der Waals surface area contributed by atoms with Gasteiger partial charge in [-0.1, -0.05) is 97.8 Å². The second-order valence-corrected chi connectivity index (χ2v) is 16.3. The highest BCUT2D eigenvalue weighted by Gasteiger charge is 2.40. The van der Waals surface area contributed by atoms with E-state index in [4.69, 9.17) is 29.4 Å². The number of benzene rings is 5. The summed E-state index contributed by atoms with van der Waals surface area (Å²) < 4.78 is 30.0. The quantitative estimate of drug-likeness (QED) is 0.0222. The number of unbranched alkanes of at least 4 members (excludes halogenated alkanes) is 12. The number of rotatable bonds is 27. The fourth-order valence-corrected chi connectivity index (χ4v) is 7.68. The number of nitrogens with one attached hydrogen (secondary N) is 1. The third-order valence-corrected chi connectivity index (χ3v) is 11.3. The number of carbonyl (C=O) groups is 2. The smallest absolute Gasteiger partial charge is 0.200 e. The first kappa shape index (κ1) is 47.1. The van der Waals surface area contributed by atoms with E-state index in [1.807, 2.05) is 12.1 Å². The summed E-state index contributed by atoms with van der Waals surface area (Å²) in [5.41, 5.74) is 6.03. The van der Waals surface area contributed by atoms with Crippen LogP contribution in [0.1, 0.15) is 149 Å². The molecule has 0 aliphatic heterocycles. The first-order valence-corrected chi connectivity index (χ1v) is 23.2. The van der Waals surface area contributed by atoms with Gasteiger partial charge in [0.25, 0.3) is 0 Å². The molecule has 0 radical (unpaired) electrons. The molecule has 0 saturated carbocycles. The maximum Gasteiger partial charge on any atom is 0.200 e. The van der Waals surface area contributed by atoms with Gasteiger partial charge in [0.15, 0.2) is 23.0 Å². The number of ether oxygens (including phenoxy) is 5. The Hall–Kier alpha value is -6.36. The molecule has 0 aromatic heterocycles. The predicted octanol–water partition coefficient (Wildman–Crippen LogP) is 13.8. The van der Waals surface area contributed by atoms with Crippen molar-refractivity contribution in [2.75, 3.05) is 30.9 Å². The van der Waals surface area contributed by atoms with E-state index in [1.165, 1.54) is 69.9 Å². The Kier molecular flexibility index (Phi) is 17.6. The molecule has 11 heteroatoms. The van der Waals surface area contributed by atoms with Crippen LogP contribution in [-0.4, -0.2) is 41.6 Å². The summed E-state index contributed by atoms with van der Waals surface area (Å²) in [6.07, 6.45) is 16.9. The standard InChI is InChI=1S/C53H64N2O9/c1-4-7-10-13-16-31-60-37-21-19-36(20-22-37)55-43-35-45(64-41-29-25-39(26-30-41)62-33-18-15-12-9-6-3)51(57)49-47(43)53(59)48-46(52(49)58)42(54)34-44(50(48)56)63-40-27-23-38(24-28-40)61-32-17-14-11-8-5-2/h19-30,34-35,55-57H,4-18,31-33,54H2,1-3H3. The molecule has 0 spiro atoms. The van der Waals surface area contributed by atoms with Crippen LogP contribution in [0.2, 0.25) is 0 Å². The lowest BCUT2D eigenvalue weighted by atomic mass is 9.81. The van der Waals surface area contributed by atoms with Crippen molar-refractivity contribution in [3.63, 3.8) is 0 Å². The monoisotopic (exact) mass is 872 g/mol. The highest BCUT2D eigenvalue weighted by atomic mass is 16.5. The zero-order chi connectivity index (χ0) is 45.3. The number of aromatic hydroxyl groups is 2. The van der Waals surface area contributed by atoms with Crippen LogP contribution in [0.15, 0.2) is 84.9 Å². The van der Waals surface area contributed by atoms with Gasteiger partial charge in [-0.25, -0.2) is 0 Å². The van der Waals surface area contributed by atoms with Crippen molar-refractivity contribution in [2.24, 2.45) is 0 Å². The largest absolute Gasteiger partial charge is 0.504 e. The van der Waals surface area contributed by atoms with Crippen molar-refractivity contribution in [2.45, 2.75) is 117 Å².